The van der Waals surface area contributed by atoms with E-state index in [2.05, 4.69) is 28.4 Å². The van der Waals surface area contributed by atoms with Crippen molar-refractivity contribution in [3.63, 3.8) is 0 Å². The second-order valence-electron chi connectivity index (χ2n) is 4.45. The van der Waals surface area contributed by atoms with Gasteiger partial charge in [0.25, 0.3) is 0 Å². The van der Waals surface area contributed by atoms with E-state index in [-0.39, 0.29) is 0 Å². The Bertz CT molecular complexity index is 267. The van der Waals surface area contributed by atoms with Gasteiger partial charge in [0.1, 0.15) is 5.76 Å². The zero-order valence-electron chi connectivity index (χ0n) is 10.1. The van der Waals surface area contributed by atoms with Gasteiger partial charge in [0, 0.05) is 32.7 Å². The Morgan fingerprint density at radius 3 is 3.00 bits per heavy atom. The van der Waals surface area contributed by atoms with Crippen LogP contribution >= 0.6 is 0 Å². The third kappa shape index (κ3) is 3.35. The average Bonchev–Trinajstić information content (AvgIpc) is 2.31. The van der Waals surface area contributed by atoms with Crippen molar-refractivity contribution < 1.29 is 4.74 Å². The zero-order valence-corrected chi connectivity index (χ0v) is 10.1. The van der Waals surface area contributed by atoms with Crippen molar-refractivity contribution in [2.45, 2.75) is 13.3 Å². The first-order valence-corrected chi connectivity index (χ1v) is 6.32. The molecule has 0 spiro atoms. The SMILES string of the molecule is CCOC1=CC(CN2CCNCC2)CC=C1. The predicted molar refractivity (Wildman–Crippen MR) is 66.3 cm³/mol. The summed E-state index contributed by atoms with van der Waals surface area (Å²) in [6, 6.07) is 0. The molecule has 0 aromatic heterocycles. The number of allylic oxidation sites excluding steroid dienone is 2. The Hall–Kier alpha value is -0.800. The minimum absolute atomic E-state index is 0.629. The minimum Gasteiger partial charge on any atom is -0.494 e. The highest BCUT2D eigenvalue weighted by molar-refractivity contribution is 5.18. The molecule has 2 rings (SSSR count). The molecule has 1 unspecified atom stereocenters. The summed E-state index contributed by atoms with van der Waals surface area (Å²) in [5.41, 5.74) is 0. The Kier molecular flexibility index (Phi) is 4.43. The average molecular weight is 222 g/mol. The van der Waals surface area contributed by atoms with Crippen LogP contribution in [0.1, 0.15) is 13.3 Å². The molecule has 16 heavy (non-hydrogen) atoms. The first-order valence-electron chi connectivity index (χ1n) is 6.32. The molecule has 1 aliphatic heterocycles. The number of piperazine rings is 1. The summed E-state index contributed by atoms with van der Waals surface area (Å²) in [6.45, 7) is 8.58. The lowest BCUT2D eigenvalue weighted by Gasteiger charge is -2.30. The maximum Gasteiger partial charge on any atom is 0.115 e. The van der Waals surface area contributed by atoms with Crippen LogP contribution in [0.3, 0.4) is 0 Å². The van der Waals surface area contributed by atoms with Gasteiger partial charge >= 0.3 is 0 Å². The van der Waals surface area contributed by atoms with E-state index in [0.29, 0.717) is 5.92 Å². The largest absolute Gasteiger partial charge is 0.494 e. The van der Waals surface area contributed by atoms with Crippen LogP contribution in [0, 0.1) is 5.92 Å². The van der Waals surface area contributed by atoms with Gasteiger partial charge in [-0.25, -0.2) is 0 Å². The molecule has 0 amide bonds. The van der Waals surface area contributed by atoms with E-state index in [4.69, 9.17) is 4.74 Å². The van der Waals surface area contributed by atoms with Crippen molar-refractivity contribution in [3.05, 3.63) is 24.0 Å². The van der Waals surface area contributed by atoms with Crippen LogP contribution in [0.15, 0.2) is 24.0 Å². The van der Waals surface area contributed by atoms with Crippen LogP contribution < -0.4 is 5.32 Å². The number of ether oxygens (including phenoxy) is 1. The van der Waals surface area contributed by atoms with Crippen molar-refractivity contribution >= 4 is 0 Å². The highest BCUT2D eigenvalue weighted by Crippen LogP contribution is 2.18. The molecule has 0 radical (unpaired) electrons. The Morgan fingerprint density at radius 2 is 2.25 bits per heavy atom. The van der Waals surface area contributed by atoms with Gasteiger partial charge in [0.05, 0.1) is 6.61 Å². The Balaban J connectivity index is 1.82. The highest BCUT2D eigenvalue weighted by Gasteiger charge is 2.16. The topological polar surface area (TPSA) is 24.5 Å². The summed E-state index contributed by atoms with van der Waals surface area (Å²) in [4.78, 5) is 2.54. The van der Waals surface area contributed by atoms with E-state index in [0.717, 1.165) is 31.9 Å². The standard InChI is InChI=1S/C13H22N2O/c1-2-16-13-5-3-4-12(10-13)11-15-8-6-14-7-9-15/h3,5,10,12,14H,2,4,6-9,11H2,1H3. The van der Waals surface area contributed by atoms with Crippen LogP contribution in [0.4, 0.5) is 0 Å². The normalized spacial score (nSPS) is 26.6. The van der Waals surface area contributed by atoms with Crippen molar-refractivity contribution in [2.75, 3.05) is 39.3 Å². The maximum absolute atomic E-state index is 5.55. The minimum atomic E-state index is 0.629. The van der Waals surface area contributed by atoms with E-state index >= 15 is 0 Å². The molecule has 0 bridgehead atoms. The summed E-state index contributed by atoms with van der Waals surface area (Å²) in [5, 5.41) is 3.39. The number of hydrogen-bond donors (Lipinski definition) is 1. The monoisotopic (exact) mass is 222 g/mol. The quantitative estimate of drug-likeness (QED) is 0.778. The molecular formula is C13H22N2O. The lowest BCUT2D eigenvalue weighted by atomic mass is 9.99. The van der Waals surface area contributed by atoms with Crippen LogP contribution in [-0.4, -0.2) is 44.2 Å². The highest BCUT2D eigenvalue weighted by atomic mass is 16.5. The molecule has 90 valence electrons. The van der Waals surface area contributed by atoms with Gasteiger partial charge in [-0.3, -0.25) is 0 Å². The van der Waals surface area contributed by atoms with E-state index in [1.807, 2.05) is 6.92 Å². The molecule has 1 fully saturated rings. The molecule has 0 aromatic rings. The summed E-state index contributed by atoms with van der Waals surface area (Å²) in [6.07, 6.45) is 7.77. The number of rotatable bonds is 4. The van der Waals surface area contributed by atoms with Gasteiger partial charge in [0.2, 0.25) is 0 Å². The Morgan fingerprint density at radius 1 is 1.44 bits per heavy atom. The molecule has 1 atom stereocenters. The van der Waals surface area contributed by atoms with E-state index in [1.54, 1.807) is 0 Å². The summed E-state index contributed by atoms with van der Waals surface area (Å²) < 4.78 is 5.55. The molecule has 0 saturated carbocycles. The van der Waals surface area contributed by atoms with Crippen molar-refractivity contribution in [2.24, 2.45) is 5.92 Å². The number of hydrogen-bond acceptors (Lipinski definition) is 3. The van der Waals surface area contributed by atoms with Crippen LogP contribution in [0.2, 0.25) is 0 Å². The first kappa shape index (κ1) is 11.7. The fourth-order valence-corrected chi connectivity index (χ4v) is 2.33. The van der Waals surface area contributed by atoms with Gasteiger partial charge in [-0.05, 0) is 31.4 Å². The Labute approximate surface area is 98.2 Å². The first-order chi connectivity index (χ1) is 7.88. The third-order valence-electron chi connectivity index (χ3n) is 3.13. The second-order valence-corrected chi connectivity index (χ2v) is 4.45. The van der Waals surface area contributed by atoms with Gasteiger partial charge in [-0.15, -0.1) is 0 Å². The molecule has 1 aliphatic carbocycles. The van der Waals surface area contributed by atoms with E-state index in [1.165, 1.54) is 19.6 Å². The van der Waals surface area contributed by atoms with Crippen LogP contribution in [0.5, 0.6) is 0 Å². The smallest absolute Gasteiger partial charge is 0.115 e. The maximum atomic E-state index is 5.55. The zero-order chi connectivity index (χ0) is 11.2. The molecule has 2 aliphatic rings. The van der Waals surface area contributed by atoms with Crippen LogP contribution in [-0.2, 0) is 4.74 Å². The molecule has 1 heterocycles. The molecule has 3 nitrogen and oxygen atoms in total. The molecule has 3 heteroatoms. The van der Waals surface area contributed by atoms with Crippen LogP contribution in [0.25, 0.3) is 0 Å². The van der Waals surface area contributed by atoms with E-state index < -0.39 is 0 Å². The van der Waals surface area contributed by atoms with Crippen molar-refractivity contribution in [1.29, 1.82) is 0 Å². The van der Waals surface area contributed by atoms with Crippen molar-refractivity contribution in [3.8, 4) is 0 Å². The molecule has 0 aromatic carbocycles. The molecular weight excluding hydrogens is 200 g/mol. The fourth-order valence-electron chi connectivity index (χ4n) is 2.33. The molecule has 1 N–H and O–H groups in total. The number of nitrogens with zero attached hydrogens (tertiary/aromatic N) is 1. The van der Waals surface area contributed by atoms with Gasteiger partial charge in [-0.2, -0.15) is 0 Å². The van der Waals surface area contributed by atoms with Crippen molar-refractivity contribution in [1.82, 2.24) is 10.2 Å². The fraction of sp³-hybridized carbons (Fsp3) is 0.692. The van der Waals surface area contributed by atoms with Gasteiger partial charge < -0.3 is 15.0 Å². The van der Waals surface area contributed by atoms with Gasteiger partial charge in [-0.1, -0.05) is 6.08 Å². The summed E-state index contributed by atoms with van der Waals surface area (Å²) >= 11 is 0. The summed E-state index contributed by atoms with van der Waals surface area (Å²) in [5.74, 6) is 1.68. The second kappa shape index (κ2) is 6.06. The number of nitrogens with one attached hydrogen (secondary N) is 1. The third-order valence-corrected chi connectivity index (χ3v) is 3.13. The molecule has 1 saturated heterocycles. The van der Waals surface area contributed by atoms with Gasteiger partial charge in [0.15, 0.2) is 0 Å². The predicted octanol–water partition coefficient (Wildman–Crippen LogP) is 1.39. The van der Waals surface area contributed by atoms with E-state index in [9.17, 15) is 0 Å². The lowest BCUT2D eigenvalue weighted by molar-refractivity contribution is 0.209. The lowest BCUT2D eigenvalue weighted by Crippen LogP contribution is -2.45. The summed E-state index contributed by atoms with van der Waals surface area (Å²) in [7, 11) is 0.